The molecule has 1 saturated heterocycles. The Morgan fingerprint density at radius 3 is 2.84 bits per heavy atom. The van der Waals surface area contributed by atoms with Gasteiger partial charge >= 0.3 is 0 Å². The summed E-state index contributed by atoms with van der Waals surface area (Å²) in [6.07, 6.45) is 3.81. The summed E-state index contributed by atoms with van der Waals surface area (Å²) in [5.74, 6) is 0.985. The Bertz CT molecular complexity index is 392. The lowest BCUT2D eigenvalue weighted by molar-refractivity contribution is 0.260. The van der Waals surface area contributed by atoms with Crippen LogP contribution in [-0.2, 0) is 6.54 Å². The molecule has 1 fully saturated rings. The SMILES string of the molecule is CNCc1cccc(Br)c1OCCCN1CCCC1. The highest BCUT2D eigenvalue weighted by Crippen LogP contribution is 2.29. The molecule has 0 radical (unpaired) electrons. The Kier molecular flexibility index (Phi) is 6.14. The molecule has 3 nitrogen and oxygen atoms in total. The van der Waals surface area contributed by atoms with Gasteiger partial charge in [0.05, 0.1) is 11.1 Å². The molecule has 0 saturated carbocycles. The zero-order valence-electron chi connectivity index (χ0n) is 11.6. The fourth-order valence-corrected chi connectivity index (χ4v) is 3.04. The van der Waals surface area contributed by atoms with Crippen LogP contribution in [0, 0.1) is 0 Å². The third-order valence-corrected chi connectivity index (χ3v) is 4.10. The third-order valence-electron chi connectivity index (χ3n) is 3.48. The number of para-hydroxylation sites is 1. The predicted molar refractivity (Wildman–Crippen MR) is 82.7 cm³/mol. The highest BCUT2D eigenvalue weighted by atomic mass is 79.9. The van der Waals surface area contributed by atoms with Crippen molar-refractivity contribution < 1.29 is 4.74 Å². The van der Waals surface area contributed by atoms with Crippen molar-refractivity contribution in [2.45, 2.75) is 25.8 Å². The normalized spacial score (nSPS) is 15.9. The van der Waals surface area contributed by atoms with E-state index in [2.05, 4.69) is 32.2 Å². The molecule has 0 spiro atoms. The Labute approximate surface area is 124 Å². The third kappa shape index (κ3) is 4.48. The zero-order valence-corrected chi connectivity index (χ0v) is 13.2. The molecule has 1 heterocycles. The molecule has 0 aromatic heterocycles. The van der Waals surface area contributed by atoms with Crippen molar-refractivity contribution in [1.29, 1.82) is 0 Å². The quantitative estimate of drug-likeness (QED) is 0.779. The standard InChI is InChI=1S/C15H23BrN2O/c1-17-12-13-6-4-7-14(16)15(13)19-11-5-10-18-8-2-3-9-18/h4,6-7,17H,2-3,5,8-12H2,1H3. The lowest BCUT2D eigenvalue weighted by Gasteiger charge is -2.16. The van der Waals surface area contributed by atoms with Gasteiger partial charge in [-0.15, -0.1) is 0 Å². The van der Waals surface area contributed by atoms with E-state index in [0.29, 0.717) is 0 Å². The van der Waals surface area contributed by atoms with Crippen molar-refractivity contribution in [2.24, 2.45) is 0 Å². The number of hydrogen-bond acceptors (Lipinski definition) is 3. The second kappa shape index (κ2) is 7.88. The summed E-state index contributed by atoms with van der Waals surface area (Å²) in [4.78, 5) is 2.53. The summed E-state index contributed by atoms with van der Waals surface area (Å²) < 4.78 is 7.01. The number of likely N-dealkylation sites (tertiary alicyclic amines) is 1. The minimum atomic E-state index is 0.788. The largest absolute Gasteiger partial charge is 0.492 e. The van der Waals surface area contributed by atoms with E-state index < -0.39 is 0 Å². The first-order chi connectivity index (χ1) is 9.31. The van der Waals surface area contributed by atoms with Gasteiger partial charge in [0, 0.05) is 18.7 Å². The van der Waals surface area contributed by atoms with Crippen LogP contribution >= 0.6 is 15.9 Å². The fourth-order valence-electron chi connectivity index (χ4n) is 2.51. The van der Waals surface area contributed by atoms with E-state index in [1.165, 1.54) is 31.5 Å². The van der Waals surface area contributed by atoms with Gasteiger partial charge in [-0.05, 0) is 61.4 Å². The highest BCUT2D eigenvalue weighted by Gasteiger charge is 2.11. The Morgan fingerprint density at radius 2 is 2.11 bits per heavy atom. The van der Waals surface area contributed by atoms with E-state index in [0.717, 1.165) is 36.3 Å². The van der Waals surface area contributed by atoms with Crippen LogP contribution in [0.2, 0.25) is 0 Å². The van der Waals surface area contributed by atoms with Crippen molar-refractivity contribution in [3.8, 4) is 5.75 Å². The number of benzene rings is 1. The summed E-state index contributed by atoms with van der Waals surface area (Å²) in [6.45, 7) is 5.31. The van der Waals surface area contributed by atoms with E-state index >= 15 is 0 Å². The van der Waals surface area contributed by atoms with E-state index in [1.807, 2.05) is 19.2 Å². The number of nitrogens with one attached hydrogen (secondary N) is 1. The highest BCUT2D eigenvalue weighted by molar-refractivity contribution is 9.10. The Hall–Kier alpha value is -0.580. The maximum Gasteiger partial charge on any atom is 0.137 e. The number of hydrogen-bond donors (Lipinski definition) is 1. The first kappa shape index (κ1) is 14.8. The second-order valence-electron chi connectivity index (χ2n) is 5.01. The topological polar surface area (TPSA) is 24.5 Å². The summed E-state index contributed by atoms with van der Waals surface area (Å²) in [5, 5.41) is 3.18. The lowest BCUT2D eigenvalue weighted by Crippen LogP contribution is -2.22. The first-order valence-electron chi connectivity index (χ1n) is 7.08. The molecule has 1 aliphatic heterocycles. The first-order valence-corrected chi connectivity index (χ1v) is 7.87. The molecule has 0 atom stereocenters. The number of halogens is 1. The van der Waals surface area contributed by atoms with Crippen molar-refractivity contribution in [3.63, 3.8) is 0 Å². The molecule has 0 amide bonds. The number of ether oxygens (including phenoxy) is 1. The van der Waals surface area contributed by atoms with Crippen LogP contribution in [0.1, 0.15) is 24.8 Å². The van der Waals surface area contributed by atoms with Gasteiger partial charge in [0.25, 0.3) is 0 Å². The van der Waals surface area contributed by atoms with Gasteiger partial charge in [-0.25, -0.2) is 0 Å². The van der Waals surface area contributed by atoms with Gasteiger partial charge in [-0.2, -0.15) is 0 Å². The molecule has 0 unspecified atom stereocenters. The maximum atomic E-state index is 5.97. The van der Waals surface area contributed by atoms with Crippen LogP contribution in [0.4, 0.5) is 0 Å². The summed E-state index contributed by atoms with van der Waals surface area (Å²) in [7, 11) is 1.96. The summed E-state index contributed by atoms with van der Waals surface area (Å²) in [6, 6.07) is 6.19. The summed E-state index contributed by atoms with van der Waals surface area (Å²) in [5.41, 5.74) is 1.21. The molecule has 1 aliphatic rings. The van der Waals surface area contributed by atoms with Crippen molar-refractivity contribution in [3.05, 3.63) is 28.2 Å². The number of rotatable bonds is 7. The van der Waals surface area contributed by atoms with Crippen LogP contribution in [0.3, 0.4) is 0 Å². The average Bonchev–Trinajstić information content (AvgIpc) is 2.90. The molecule has 0 aliphatic carbocycles. The van der Waals surface area contributed by atoms with Crippen LogP contribution in [-0.4, -0.2) is 38.2 Å². The molecule has 19 heavy (non-hydrogen) atoms. The molecule has 1 aromatic rings. The monoisotopic (exact) mass is 326 g/mol. The van der Waals surface area contributed by atoms with Crippen LogP contribution < -0.4 is 10.1 Å². The molecule has 4 heteroatoms. The van der Waals surface area contributed by atoms with Crippen LogP contribution in [0.15, 0.2) is 22.7 Å². The van der Waals surface area contributed by atoms with Gasteiger partial charge in [0.2, 0.25) is 0 Å². The van der Waals surface area contributed by atoms with Crippen LogP contribution in [0.25, 0.3) is 0 Å². The van der Waals surface area contributed by atoms with Crippen LogP contribution in [0.5, 0.6) is 5.75 Å². The summed E-state index contributed by atoms with van der Waals surface area (Å²) >= 11 is 3.57. The smallest absolute Gasteiger partial charge is 0.137 e. The molecule has 2 rings (SSSR count). The number of nitrogens with zero attached hydrogens (tertiary/aromatic N) is 1. The Morgan fingerprint density at radius 1 is 1.32 bits per heavy atom. The maximum absolute atomic E-state index is 5.97. The van der Waals surface area contributed by atoms with E-state index in [-0.39, 0.29) is 0 Å². The fraction of sp³-hybridized carbons (Fsp3) is 0.600. The van der Waals surface area contributed by atoms with Crippen molar-refractivity contribution >= 4 is 15.9 Å². The second-order valence-corrected chi connectivity index (χ2v) is 5.86. The minimum Gasteiger partial charge on any atom is -0.492 e. The van der Waals surface area contributed by atoms with Gasteiger partial charge in [-0.3, -0.25) is 0 Å². The predicted octanol–water partition coefficient (Wildman–Crippen LogP) is 3.03. The lowest BCUT2D eigenvalue weighted by atomic mass is 10.2. The van der Waals surface area contributed by atoms with Gasteiger partial charge in [0.1, 0.15) is 5.75 Å². The molecule has 106 valence electrons. The average molecular weight is 327 g/mol. The van der Waals surface area contributed by atoms with E-state index in [1.54, 1.807) is 0 Å². The zero-order chi connectivity index (χ0) is 13.5. The molecule has 1 aromatic carbocycles. The minimum absolute atomic E-state index is 0.788. The van der Waals surface area contributed by atoms with Gasteiger partial charge < -0.3 is 15.0 Å². The molecular formula is C15H23BrN2O. The molecule has 0 bridgehead atoms. The molecule has 1 N–H and O–H groups in total. The van der Waals surface area contributed by atoms with E-state index in [9.17, 15) is 0 Å². The van der Waals surface area contributed by atoms with Gasteiger partial charge in [-0.1, -0.05) is 12.1 Å². The van der Waals surface area contributed by atoms with Gasteiger partial charge in [0.15, 0.2) is 0 Å². The van der Waals surface area contributed by atoms with E-state index in [4.69, 9.17) is 4.74 Å². The van der Waals surface area contributed by atoms with Crippen molar-refractivity contribution in [1.82, 2.24) is 10.2 Å². The Balaban J connectivity index is 1.80. The molecular weight excluding hydrogens is 304 g/mol. The van der Waals surface area contributed by atoms with Crippen molar-refractivity contribution in [2.75, 3.05) is 33.3 Å².